The maximum absolute atomic E-state index is 13.2. The van der Waals surface area contributed by atoms with Crippen molar-refractivity contribution in [3.8, 4) is 23.7 Å². The second kappa shape index (κ2) is 7.09. The highest BCUT2D eigenvalue weighted by molar-refractivity contribution is 5.40. The molecular weight excluding hydrogens is 269 g/mol. The summed E-state index contributed by atoms with van der Waals surface area (Å²) in [6.07, 6.45) is 0. The number of ether oxygens (including phenoxy) is 1. The van der Waals surface area contributed by atoms with Crippen molar-refractivity contribution in [3.63, 3.8) is 0 Å². The Morgan fingerprint density at radius 1 is 1.14 bits per heavy atom. The van der Waals surface area contributed by atoms with E-state index in [1.807, 2.05) is 6.07 Å². The summed E-state index contributed by atoms with van der Waals surface area (Å²) in [7, 11) is 0. The van der Waals surface area contributed by atoms with Gasteiger partial charge in [0, 0.05) is 11.1 Å². The van der Waals surface area contributed by atoms with Gasteiger partial charge in [-0.3, -0.25) is 0 Å². The molecule has 0 aliphatic carbocycles. The van der Waals surface area contributed by atoms with Gasteiger partial charge in [-0.2, -0.15) is 5.26 Å². The van der Waals surface area contributed by atoms with Crippen LogP contribution in [0.25, 0.3) is 0 Å². The molecule has 0 unspecified atom stereocenters. The second-order valence-corrected chi connectivity index (χ2v) is 4.19. The topological polar surface area (TPSA) is 53.2 Å². The number of hydrogen-bond acceptors (Lipinski definition) is 3. The Morgan fingerprint density at radius 3 is 2.57 bits per heavy atom. The molecule has 0 fully saturated rings. The van der Waals surface area contributed by atoms with Gasteiger partial charge in [-0.25, -0.2) is 4.39 Å². The lowest BCUT2D eigenvalue weighted by atomic mass is 10.1. The fourth-order valence-electron chi connectivity index (χ4n) is 1.73. The summed E-state index contributed by atoms with van der Waals surface area (Å²) in [5.41, 5.74) is 1.66. The molecule has 3 nitrogen and oxygen atoms in total. The quantitative estimate of drug-likeness (QED) is 0.880. The predicted octanol–water partition coefficient (Wildman–Crippen LogP) is 2.62. The Kier molecular flexibility index (Phi) is 4.93. The predicted molar refractivity (Wildman–Crippen MR) is 75.9 cm³/mol. The summed E-state index contributed by atoms with van der Waals surface area (Å²) in [6, 6.07) is 12.9. The van der Waals surface area contributed by atoms with E-state index in [2.05, 4.69) is 11.8 Å². The Balaban J connectivity index is 2.07. The summed E-state index contributed by atoms with van der Waals surface area (Å²) < 4.78 is 18.7. The fourth-order valence-corrected chi connectivity index (χ4v) is 1.73. The molecule has 0 radical (unpaired) electrons. The highest BCUT2D eigenvalue weighted by atomic mass is 19.1. The third-order valence-electron chi connectivity index (χ3n) is 2.75. The van der Waals surface area contributed by atoms with E-state index < -0.39 is 5.82 Å². The van der Waals surface area contributed by atoms with Crippen LogP contribution in [0.4, 0.5) is 4.39 Å². The average molecular weight is 281 g/mol. The first-order valence-electron chi connectivity index (χ1n) is 6.24. The molecule has 104 valence electrons. The summed E-state index contributed by atoms with van der Waals surface area (Å²) in [5.74, 6) is 5.52. The summed E-state index contributed by atoms with van der Waals surface area (Å²) in [5, 5.41) is 17.6. The number of nitriles is 1. The van der Waals surface area contributed by atoms with Crippen LogP contribution >= 0.6 is 0 Å². The van der Waals surface area contributed by atoms with E-state index in [1.54, 1.807) is 24.3 Å². The first kappa shape index (κ1) is 14.6. The zero-order valence-electron chi connectivity index (χ0n) is 11.1. The van der Waals surface area contributed by atoms with E-state index in [0.29, 0.717) is 16.9 Å². The Bertz CT molecular complexity index is 721. The molecule has 2 rings (SSSR count). The van der Waals surface area contributed by atoms with Gasteiger partial charge in [0.05, 0.1) is 11.6 Å². The Hall–Kier alpha value is -2.82. The van der Waals surface area contributed by atoms with Gasteiger partial charge >= 0.3 is 0 Å². The summed E-state index contributed by atoms with van der Waals surface area (Å²) in [6.45, 7) is -0.0723. The first-order valence-corrected chi connectivity index (χ1v) is 6.24. The maximum atomic E-state index is 13.2. The normalized spacial score (nSPS) is 9.38. The summed E-state index contributed by atoms with van der Waals surface area (Å²) >= 11 is 0. The maximum Gasteiger partial charge on any atom is 0.123 e. The Morgan fingerprint density at radius 2 is 1.90 bits per heavy atom. The molecule has 0 aromatic heterocycles. The van der Waals surface area contributed by atoms with E-state index in [9.17, 15) is 4.39 Å². The SMILES string of the molecule is N#Cc1ccc(F)cc1COc1ccc(C#CCO)cc1. The number of aliphatic hydroxyl groups is 1. The van der Waals surface area contributed by atoms with Crippen LogP contribution < -0.4 is 4.74 Å². The van der Waals surface area contributed by atoms with Crippen molar-refractivity contribution >= 4 is 0 Å². The standard InChI is InChI=1S/C17H12FNO2/c18-16-6-5-14(11-19)15(10-16)12-21-17-7-3-13(4-8-17)2-1-9-20/h3-8,10,20H,9,12H2. The number of rotatable bonds is 3. The van der Waals surface area contributed by atoms with Gasteiger partial charge in [-0.15, -0.1) is 0 Å². The van der Waals surface area contributed by atoms with Crippen LogP contribution in [-0.2, 0) is 6.61 Å². The number of aliphatic hydroxyl groups excluding tert-OH is 1. The molecule has 0 bridgehead atoms. The van der Waals surface area contributed by atoms with Gasteiger partial charge in [0.15, 0.2) is 0 Å². The van der Waals surface area contributed by atoms with Gasteiger partial charge in [-0.05, 0) is 42.5 Å². The van der Waals surface area contributed by atoms with Gasteiger partial charge in [-0.1, -0.05) is 11.8 Å². The molecule has 1 N–H and O–H groups in total. The average Bonchev–Trinajstić information content (AvgIpc) is 2.52. The molecule has 21 heavy (non-hydrogen) atoms. The monoisotopic (exact) mass is 281 g/mol. The summed E-state index contributed by atoms with van der Waals surface area (Å²) in [4.78, 5) is 0. The molecule has 0 aliphatic rings. The van der Waals surface area contributed by atoms with Crippen molar-refractivity contribution in [2.45, 2.75) is 6.61 Å². The van der Waals surface area contributed by atoms with E-state index in [-0.39, 0.29) is 13.2 Å². The van der Waals surface area contributed by atoms with Crippen molar-refractivity contribution in [1.82, 2.24) is 0 Å². The minimum atomic E-state index is -0.401. The van der Waals surface area contributed by atoms with E-state index in [4.69, 9.17) is 15.1 Å². The molecule has 0 saturated carbocycles. The third-order valence-corrected chi connectivity index (χ3v) is 2.75. The van der Waals surface area contributed by atoms with Crippen LogP contribution in [0, 0.1) is 29.0 Å². The molecule has 0 saturated heterocycles. The number of halogens is 1. The number of benzene rings is 2. The van der Waals surface area contributed by atoms with Crippen molar-refractivity contribution in [1.29, 1.82) is 5.26 Å². The van der Waals surface area contributed by atoms with Crippen molar-refractivity contribution < 1.29 is 14.2 Å². The first-order chi connectivity index (χ1) is 10.2. The minimum absolute atomic E-state index is 0.113. The second-order valence-electron chi connectivity index (χ2n) is 4.19. The molecule has 0 spiro atoms. The smallest absolute Gasteiger partial charge is 0.123 e. The molecular formula is C17H12FNO2. The van der Waals surface area contributed by atoms with Gasteiger partial charge in [0.2, 0.25) is 0 Å². The lowest BCUT2D eigenvalue weighted by Crippen LogP contribution is -1.99. The van der Waals surface area contributed by atoms with Crippen LogP contribution in [0.2, 0.25) is 0 Å². The lowest BCUT2D eigenvalue weighted by Gasteiger charge is -2.08. The van der Waals surface area contributed by atoms with Crippen LogP contribution in [-0.4, -0.2) is 11.7 Å². The largest absolute Gasteiger partial charge is 0.489 e. The van der Waals surface area contributed by atoms with Crippen molar-refractivity contribution in [2.75, 3.05) is 6.61 Å². The lowest BCUT2D eigenvalue weighted by molar-refractivity contribution is 0.305. The van der Waals surface area contributed by atoms with Crippen molar-refractivity contribution in [3.05, 3.63) is 65.0 Å². The molecule has 0 atom stereocenters. The van der Waals surface area contributed by atoms with E-state index in [0.717, 1.165) is 5.56 Å². The molecule has 0 aliphatic heterocycles. The zero-order valence-corrected chi connectivity index (χ0v) is 11.1. The molecule has 0 heterocycles. The van der Waals surface area contributed by atoms with Crippen LogP contribution in [0.3, 0.4) is 0 Å². The van der Waals surface area contributed by atoms with Gasteiger partial charge < -0.3 is 9.84 Å². The molecule has 4 heteroatoms. The number of hydrogen-bond donors (Lipinski definition) is 1. The molecule has 2 aromatic rings. The van der Waals surface area contributed by atoms with Crippen LogP contribution in [0.5, 0.6) is 5.75 Å². The van der Waals surface area contributed by atoms with Crippen LogP contribution in [0.15, 0.2) is 42.5 Å². The fraction of sp³-hybridized carbons (Fsp3) is 0.118. The molecule has 2 aromatic carbocycles. The Labute approximate surface area is 122 Å². The zero-order chi connectivity index (χ0) is 15.1. The van der Waals surface area contributed by atoms with Gasteiger partial charge in [0.25, 0.3) is 0 Å². The van der Waals surface area contributed by atoms with Crippen LogP contribution in [0.1, 0.15) is 16.7 Å². The minimum Gasteiger partial charge on any atom is -0.489 e. The highest BCUT2D eigenvalue weighted by Crippen LogP contribution is 2.16. The highest BCUT2D eigenvalue weighted by Gasteiger charge is 2.05. The van der Waals surface area contributed by atoms with Gasteiger partial charge in [0.1, 0.15) is 24.8 Å². The number of nitrogens with zero attached hydrogens (tertiary/aromatic N) is 1. The van der Waals surface area contributed by atoms with E-state index in [1.165, 1.54) is 18.2 Å². The molecule has 0 amide bonds. The third kappa shape index (κ3) is 4.07. The van der Waals surface area contributed by atoms with Crippen molar-refractivity contribution in [2.24, 2.45) is 0 Å². The van der Waals surface area contributed by atoms with E-state index >= 15 is 0 Å².